The Labute approximate surface area is 165 Å². The number of hydrogen-bond donors (Lipinski definition) is 2. The number of nitrogens with one attached hydrogen (secondary N) is 2. The minimum atomic E-state index is 0.00417. The first-order chi connectivity index (χ1) is 12.5. The molecule has 1 fully saturated rings. The molecule has 1 atom stereocenters. The Balaban J connectivity index is 1.93. The zero-order valence-corrected chi connectivity index (χ0v) is 17.6. The first-order valence-corrected chi connectivity index (χ1v) is 10.0. The summed E-state index contributed by atoms with van der Waals surface area (Å²) in [6.45, 7) is 5.13. The van der Waals surface area contributed by atoms with Crippen molar-refractivity contribution in [3.8, 4) is 0 Å². The number of guanidine groups is 1. The summed E-state index contributed by atoms with van der Waals surface area (Å²) in [6, 6.07) is 8.73. The molecular formula is C19H30BrN5O. The second kappa shape index (κ2) is 10.4. The molecule has 1 amide bonds. The number of unbranched alkanes of at least 4 members (excludes halogenated alkanes) is 1. The lowest BCUT2D eigenvalue weighted by molar-refractivity contribution is -0.127. The third kappa shape index (κ3) is 6.52. The van der Waals surface area contributed by atoms with Crippen LogP contribution in [0.25, 0.3) is 0 Å². The van der Waals surface area contributed by atoms with Crippen molar-refractivity contribution in [1.29, 1.82) is 0 Å². The number of likely N-dealkylation sites (N-methyl/N-ethyl adjacent to an activating group) is 1. The van der Waals surface area contributed by atoms with Gasteiger partial charge in [-0.2, -0.15) is 0 Å². The van der Waals surface area contributed by atoms with E-state index in [1.54, 1.807) is 19.0 Å². The van der Waals surface area contributed by atoms with Gasteiger partial charge in [-0.15, -0.1) is 0 Å². The highest BCUT2D eigenvalue weighted by Gasteiger charge is 2.23. The molecule has 0 spiro atoms. The van der Waals surface area contributed by atoms with Crippen molar-refractivity contribution in [3.05, 3.63) is 28.7 Å². The van der Waals surface area contributed by atoms with Crippen molar-refractivity contribution in [3.63, 3.8) is 0 Å². The summed E-state index contributed by atoms with van der Waals surface area (Å²) in [5.74, 6) is 0.737. The Hall–Kier alpha value is -1.76. The molecule has 1 unspecified atom stereocenters. The van der Waals surface area contributed by atoms with Crippen LogP contribution in [0.15, 0.2) is 33.7 Å². The normalized spacial score (nSPS) is 17.3. The minimum absolute atomic E-state index is 0.00417. The van der Waals surface area contributed by atoms with E-state index in [0.717, 1.165) is 49.3 Å². The van der Waals surface area contributed by atoms with E-state index in [1.807, 2.05) is 0 Å². The number of rotatable bonds is 7. The molecule has 0 bridgehead atoms. The molecule has 0 radical (unpaired) electrons. The van der Waals surface area contributed by atoms with E-state index in [0.29, 0.717) is 6.04 Å². The molecule has 0 saturated carbocycles. The Morgan fingerprint density at radius 3 is 2.73 bits per heavy atom. The number of hydrogen-bond acceptors (Lipinski definition) is 3. The summed E-state index contributed by atoms with van der Waals surface area (Å²) in [4.78, 5) is 20.2. The van der Waals surface area contributed by atoms with E-state index in [9.17, 15) is 4.79 Å². The molecule has 144 valence electrons. The van der Waals surface area contributed by atoms with Gasteiger partial charge in [-0.25, -0.2) is 4.99 Å². The van der Waals surface area contributed by atoms with Crippen LogP contribution < -0.4 is 15.5 Å². The van der Waals surface area contributed by atoms with Gasteiger partial charge in [0.2, 0.25) is 5.91 Å². The lowest BCUT2D eigenvalue weighted by atomic mass is 10.2. The highest BCUT2D eigenvalue weighted by atomic mass is 79.9. The van der Waals surface area contributed by atoms with E-state index in [1.165, 1.54) is 5.69 Å². The lowest BCUT2D eigenvalue weighted by Crippen LogP contribution is -2.45. The first kappa shape index (κ1) is 20.6. The molecule has 1 aliphatic heterocycles. The monoisotopic (exact) mass is 423 g/mol. The van der Waals surface area contributed by atoms with Crippen LogP contribution >= 0.6 is 15.9 Å². The van der Waals surface area contributed by atoms with Crippen molar-refractivity contribution < 1.29 is 4.79 Å². The quantitative estimate of drug-likeness (QED) is 0.401. The van der Waals surface area contributed by atoms with Crippen molar-refractivity contribution in [2.24, 2.45) is 4.99 Å². The molecule has 0 aromatic heterocycles. The number of anilines is 1. The molecule has 1 aromatic rings. The van der Waals surface area contributed by atoms with E-state index in [4.69, 9.17) is 0 Å². The van der Waals surface area contributed by atoms with E-state index in [2.05, 4.69) is 67.6 Å². The molecule has 1 saturated heterocycles. The van der Waals surface area contributed by atoms with Gasteiger partial charge in [-0.1, -0.05) is 29.3 Å². The lowest BCUT2D eigenvalue weighted by Gasteiger charge is -2.21. The van der Waals surface area contributed by atoms with Crippen LogP contribution in [-0.2, 0) is 4.79 Å². The summed E-state index contributed by atoms with van der Waals surface area (Å²) in [5, 5.41) is 6.84. The van der Waals surface area contributed by atoms with Crippen LogP contribution in [0.4, 0.5) is 5.69 Å². The van der Waals surface area contributed by atoms with Gasteiger partial charge in [0.1, 0.15) is 6.54 Å². The fraction of sp³-hybridized carbons (Fsp3) is 0.579. The molecule has 0 aliphatic carbocycles. The minimum Gasteiger partial charge on any atom is -0.369 e. The van der Waals surface area contributed by atoms with E-state index < -0.39 is 0 Å². The maximum Gasteiger partial charge on any atom is 0.243 e. The molecule has 26 heavy (non-hydrogen) atoms. The number of aliphatic imine (C=N–C) groups is 1. The number of halogens is 1. The highest BCUT2D eigenvalue weighted by Crippen LogP contribution is 2.22. The van der Waals surface area contributed by atoms with Gasteiger partial charge in [0.05, 0.1) is 0 Å². The van der Waals surface area contributed by atoms with Crippen molar-refractivity contribution in [2.45, 2.75) is 32.2 Å². The molecule has 6 nitrogen and oxygen atoms in total. The van der Waals surface area contributed by atoms with Crippen LogP contribution in [0.1, 0.15) is 26.2 Å². The van der Waals surface area contributed by atoms with Crippen LogP contribution in [0.5, 0.6) is 0 Å². The zero-order chi connectivity index (χ0) is 18.9. The fourth-order valence-corrected chi connectivity index (χ4v) is 3.05. The smallest absolute Gasteiger partial charge is 0.243 e. The third-order valence-electron chi connectivity index (χ3n) is 4.41. The third-order valence-corrected chi connectivity index (χ3v) is 4.94. The van der Waals surface area contributed by atoms with Crippen molar-refractivity contribution >= 4 is 33.5 Å². The van der Waals surface area contributed by atoms with Gasteiger partial charge >= 0.3 is 0 Å². The van der Waals surface area contributed by atoms with Crippen LogP contribution in [0, 0.1) is 0 Å². The molecule has 1 heterocycles. The number of carbonyl (C=O) groups excluding carboxylic acids is 1. The van der Waals surface area contributed by atoms with Crippen LogP contribution in [0.3, 0.4) is 0 Å². The van der Waals surface area contributed by atoms with Crippen LogP contribution in [0.2, 0.25) is 0 Å². The van der Waals surface area contributed by atoms with Crippen molar-refractivity contribution in [2.75, 3.05) is 45.2 Å². The number of amides is 1. The molecule has 1 aliphatic rings. The molecular weight excluding hydrogens is 394 g/mol. The average Bonchev–Trinajstić information content (AvgIpc) is 3.08. The number of benzene rings is 1. The first-order valence-electron chi connectivity index (χ1n) is 9.25. The van der Waals surface area contributed by atoms with Gasteiger partial charge in [-0.05, 0) is 37.1 Å². The van der Waals surface area contributed by atoms with Gasteiger partial charge in [-0.3, -0.25) is 4.79 Å². The Bertz CT molecular complexity index is 602. The summed E-state index contributed by atoms with van der Waals surface area (Å²) >= 11 is 3.48. The van der Waals surface area contributed by atoms with Gasteiger partial charge in [0.15, 0.2) is 5.96 Å². The summed E-state index contributed by atoms with van der Waals surface area (Å²) < 4.78 is 1.09. The maximum absolute atomic E-state index is 11.8. The van der Waals surface area contributed by atoms with Gasteiger partial charge in [0.25, 0.3) is 0 Å². The van der Waals surface area contributed by atoms with Crippen LogP contribution in [-0.4, -0.2) is 63.1 Å². The standard InChI is InChI=1S/C19H30BrN5O/c1-4-5-11-21-19(22-13-18(26)24(2)3)23-16-10-12-25(14-16)17-8-6-15(20)7-9-17/h6-9,16H,4-5,10-14H2,1-3H3,(H2,21,22,23). The predicted molar refractivity (Wildman–Crippen MR) is 112 cm³/mol. The molecule has 2 N–H and O–H groups in total. The maximum atomic E-state index is 11.8. The summed E-state index contributed by atoms with van der Waals surface area (Å²) in [6.07, 6.45) is 3.25. The zero-order valence-electron chi connectivity index (χ0n) is 16.0. The fourth-order valence-electron chi connectivity index (χ4n) is 2.78. The summed E-state index contributed by atoms with van der Waals surface area (Å²) in [7, 11) is 3.51. The Morgan fingerprint density at radius 2 is 2.08 bits per heavy atom. The molecule has 7 heteroatoms. The second-order valence-electron chi connectivity index (χ2n) is 6.79. The van der Waals surface area contributed by atoms with Gasteiger partial charge < -0.3 is 20.4 Å². The molecule has 2 rings (SSSR count). The van der Waals surface area contributed by atoms with E-state index in [-0.39, 0.29) is 12.5 Å². The second-order valence-corrected chi connectivity index (χ2v) is 7.70. The SMILES string of the molecule is CCCCNC(=NCC(=O)N(C)C)NC1CCN(c2ccc(Br)cc2)C1. The van der Waals surface area contributed by atoms with E-state index >= 15 is 0 Å². The predicted octanol–water partition coefficient (Wildman–Crippen LogP) is 2.45. The highest BCUT2D eigenvalue weighted by molar-refractivity contribution is 9.10. The summed E-state index contributed by atoms with van der Waals surface area (Å²) in [5.41, 5.74) is 1.23. The molecule has 1 aromatic carbocycles. The van der Waals surface area contributed by atoms with Gasteiger partial charge in [0, 0.05) is 49.9 Å². The topological polar surface area (TPSA) is 60.0 Å². The number of nitrogens with zero attached hydrogens (tertiary/aromatic N) is 3. The largest absolute Gasteiger partial charge is 0.369 e. The average molecular weight is 424 g/mol. The van der Waals surface area contributed by atoms with Crippen molar-refractivity contribution in [1.82, 2.24) is 15.5 Å². The Morgan fingerprint density at radius 1 is 1.35 bits per heavy atom. The Kier molecular flexibility index (Phi) is 8.22. The number of carbonyl (C=O) groups is 1.